The fraction of sp³-hybridized carbons (Fsp3) is 0.800. The molecule has 0 saturated heterocycles. The Morgan fingerprint density at radius 1 is 1.70 bits per heavy atom. The molecule has 0 rings (SSSR count). The van der Waals surface area contributed by atoms with E-state index in [9.17, 15) is 4.79 Å². The van der Waals surface area contributed by atoms with Crippen LogP contribution in [0.25, 0.3) is 0 Å². The number of aliphatic hydroxyl groups is 2. The number of rotatable bonds is 3. The van der Waals surface area contributed by atoms with Crippen molar-refractivity contribution >= 4 is 6.09 Å². The van der Waals surface area contributed by atoms with Gasteiger partial charge in [-0.1, -0.05) is 6.92 Å². The summed E-state index contributed by atoms with van der Waals surface area (Å²) in [5.41, 5.74) is 4.53. The predicted molar refractivity (Wildman–Crippen MR) is 32.7 cm³/mol. The molecule has 5 nitrogen and oxygen atoms in total. The summed E-state index contributed by atoms with van der Waals surface area (Å²) in [6, 6.07) is 0. The lowest BCUT2D eigenvalue weighted by Gasteiger charge is -2.18. The molecule has 0 aromatic carbocycles. The van der Waals surface area contributed by atoms with Crippen molar-refractivity contribution < 1.29 is 19.7 Å². The number of nitrogens with two attached hydrogens (primary N) is 1. The van der Waals surface area contributed by atoms with Crippen LogP contribution in [0.3, 0.4) is 0 Å². The molecule has 0 heterocycles. The van der Waals surface area contributed by atoms with Gasteiger partial charge in [0.15, 0.2) is 0 Å². The fourth-order valence-corrected chi connectivity index (χ4v) is 0.538. The van der Waals surface area contributed by atoms with E-state index < -0.39 is 12.1 Å². The summed E-state index contributed by atoms with van der Waals surface area (Å²) in [5.74, 6) is -2.40. The molecule has 0 saturated carbocycles. The molecule has 0 aliphatic rings. The Morgan fingerprint density at radius 2 is 2.20 bits per heavy atom. The van der Waals surface area contributed by atoms with Crippen LogP contribution in [0.5, 0.6) is 0 Å². The molecule has 0 aromatic rings. The smallest absolute Gasteiger partial charge is 0.392 e. The zero-order chi connectivity index (χ0) is 8.20. The van der Waals surface area contributed by atoms with Gasteiger partial charge in [-0.05, 0) is 6.42 Å². The minimum Gasteiger partial charge on any atom is -0.392 e. The second-order valence-corrected chi connectivity index (χ2v) is 1.91. The lowest BCUT2D eigenvalue weighted by atomic mass is 10.3. The van der Waals surface area contributed by atoms with Crippen LogP contribution >= 0.6 is 0 Å². The van der Waals surface area contributed by atoms with Gasteiger partial charge in [-0.2, -0.15) is 0 Å². The Kier molecular flexibility index (Phi) is 3.11. The van der Waals surface area contributed by atoms with Gasteiger partial charge in [0.2, 0.25) is 0 Å². The van der Waals surface area contributed by atoms with Gasteiger partial charge in [-0.3, -0.25) is 0 Å². The summed E-state index contributed by atoms with van der Waals surface area (Å²) in [7, 11) is 0. The van der Waals surface area contributed by atoms with Crippen molar-refractivity contribution in [2.24, 2.45) is 5.73 Å². The van der Waals surface area contributed by atoms with Crippen molar-refractivity contribution in [1.29, 1.82) is 0 Å². The molecule has 0 fully saturated rings. The molecule has 0 radical (unpaired) electrons. The van der Waals surface area contributed by atoms with Crippen molar-refractivity contribution in [3.8, 4) is 0 Å². The van der Waals surface area contributed by atoms with Gasteiger partial charge in [0.1, 0.15) is 0 Å². The Morgan fingerprint density at radius 3 is 2.50 bits per heavy atom. The topological polar surface area (TPSA) is 92.8 Å². The van der Waals surface area contributed by atoms with E-state index in [-0.39, 0.29) is 6.42 Å². The Labute approximate surface area is 58.4 Å². The number of carbonyl (C=O) groups is 1. The average Bonchev–Trinajstić information content (AvgIpc) is 1.59. The lowest BCUT2D eigenvalue weighted by molar-refractivity contribution is -0.309. The minimum atomic E-state index is -2.40. The molecule has 0 aliphatic heterocycles. The van der Waals surface area contributed by atoms with Crippen LogP contribution in [-0.4, -0.2) is 22.3 Å². The number of hydrogen-bond acceptors (Lipinski definition) is 4. The molecule has 4 N–H and O–H groups in total. The maximum absolute atomic E-state index is 9.97. The molecular formula is C5H11NO4. The number of ether oxygens (including phenoxy) is 1. The molecule has 0 bridgehead atoms. The highest BCUT2D eigenvalue weighted by molar-refractivity contribution is 5.64. The standard InChI is InChI=1S/C5H11NO4/c1-2-3-5(8,9)10-4(6)7/h8-9H,2-3H2,1H3,(H2,6,7). The monoisotopic (exact) mass is 149 g/mol. The second kappa shape index (κ2) is 3.38. The van der Waals surface area contributed by atoms with Gasteiger partial charge < -0.3 is 20.7 Å². The molecular weight excluding hydrogens is 138 g/mol. The molecule has 0 unspecified atom stereocenters. The number of amides is 1. The van der Waals surface area contributed by atoms with E-state index in [1.807, 2.05) is 0 Å². The molecule has 1 amide bonds. The van der Waals surface area contributed by atoms with Crippen LogP contribution in [0.4, 0.5) is 4.79 Å². The molecule has 0 atom stereocenters. The van der Waals surface area contributed by atoms with E-state index in [2.05, 4.69) is 10.5 Å². The summed E-state index contributed by atoms with van der Waals surface area (Å²) in [4.78, 5) is 9.97. The van der Waals surface area contributed by atoms with Crippen LogP contribution in [0, 0.1) is 0 Å². The third-order valence-electron chi connectivity index (χ3n) is 0.840. The first-order valence-electron chi connectivity index (χ1n) is 2.91. The Balaban J connectivity index is 3.74. The normalized spacial score (nSPS) is 11.1. The molecule has 0 aliphatic carbocycles. The van der Waals surface area contributed by atoms with E-state index in [1.165, 1.54) is 0 Å². The van der Waals surface area contributed by atoms with Crippen LogP contribution in [0.15, 0.2) is 0 Å². The minimum absolute atomic E-state index is 0.0457. The maximum atomic E-state index is 9.97. The highest BCUT2D eigenvalue weighted by Crippen LogP contribution is 2.09. The van der Waals surface area contributed by atoms with Gasteiger partial charge in [0.25, 0.3) is 0 Å². The zero-order valence-corrected chi connectivity index (χ0v) is 5.70. The van der Waals surface area contributed by atoms with Gasteiger partial charge in [0, 0.05) is 6.42 Å². The summed E-state index contributed by atoms with van der Waals surface area (Å²) >= 11 is 0. The third-order valence-corrected chi connectivity index (χ3v) is 0.840. The molecule has 10 heavy (non-hydrogen) atoms. The lowest BCUT2D eigenvalue weighted by Crippen LogP contribution is -2.36. The molecule has 0 spiro atoms. The SMILES string of the molecule is CCCC(O)(O)OC(N)=O. The first-order valence-corrected chi connectivity index (χ1v) is 2.91. The van der Waals surface area contributed by atoms with Gasteiger partial charge in [0.05, 0.1) is 0 Å². The molecule has 5 heteroatoms. The van der Waals surface area contributed by atoms with Crippen molar-refractivity contribution in [3.05, 3.63) is 0 Å². The summed E-state index contributed by atoms with van der Waals surface area (Å²) in [6.45, 7) is 1.71. The first kappa shape index (κ1) is 9.19. The zero-order valence-electron chi connectivity index (χ0n) is 5.70. The molecule has 0 aromatic heterocycles. The summed E-state index contributed by atoms with van der Waals surface area (Å²) < 4.78 is 3.93. The van der Waals surface area contributed by atoms with Crippen LogP contribution in [0.1, 0.15) is 19.8 Å². The highest BCUT2D eigenvalue weighted by Gasteiger charge is 2.25. The largest absolute Gasteiger partial charge is 0.408 e. The van der Waals surface area contributed by atoms with Gasteiger partial charge in [-0.15, -0.1) is 0 Å². The van der Waals surface area contributed by atoms with Gasteiger partial charge >= 0.3 is 12.1 Å². The van der Waals surface area contributed by atoms with Crippen LogP contribution in [-0.2, 0) is 4.74 Å². The Bertz CT molecular complexity index is 123. The third kappa shape index (κ3) is 4.11. The highest BCUT2D eigenvalue weighted by atomic mass is 16.8. The average molecular weight is 149 g/mol. The Hall–Kier alpha value is -0.810. The van der Waals surface area contributed by atoms with Gasteiger partial charge in [-0.25, -0.2) is 4.79 Å². The van der Waals surface area contributed by atoms with E-state index >= 15 is 0 Å². The van der Waals surface area contributed by atoms with E-state index in [4.69, 9.17) is 10.2 Å². The van der Waals surface area contributed by atoms with Crippen molar-refractivity contribution in [2.75, 3.05) is 0 Å². The second-order valence-electron chi connectivity index (χ2n) is 1.91. The predicted octanol–water partition coefficient (Wildman–Crippen LogP) is -0.480. The molecule has 60 valence electrons. The van der Waals surface area contributed by atoms with Crippen LogP contribution in [0.2, 0.25) is 0 Å². The van der Waals surface area contributed by atoms with Crippen molar-refractivity contribution in [2.45, 2.75) is 25.7 Å². The number of hydrogen-bond donors (Lipinski definition) is 3. The fourth-order valence-electron chi connectivity index (χ4n) is 0.538. The van der Waals surface area contributed by atoms with E-state index in [1.54, 1.807) is 6.92 Å². The summed E-state index contributed by atoms with van der Waals surface area (Å²) in [6.07, 6.45) is -0.755. The number of primary amides is 1. The maximum Gasteiger partial charge on any atom is 0.408 e. The quantitative estimate of drug-likeness (QED) is 0.472. The number of carbonyl (C=O) groups excluding carboxylic acids is 1. The van der Waals surface area contributed by atoms with Crippen LogP contribution < -0.4 is 5.73 Å². The van der Waals surface area contributed by atoms with Crippen molar-refractivity contribution in [3.63, 3.8) is 0 Å². The van der Waals surface area contributed by atoms with Crippen molar-refractivity contribution in [1.82, 2.24) is 0 Å². The van der Waals surface area contributed by atoms with E-state index in [0.29, 0.717) is 6.42 Å². The first-order chi connectivity index (χ1) is 4.48. The summed E-state index contributed by atoms with van der Waals surface area (Å²) in [5, 5.41) is 17.4. The van der Waals surface area contributed by atoms with E-state index in [0.717, 1.165) is 0 Å².